The quantitative estimate of drug-likeness (QED) is 0.461. The fourth-order valence-corrected chi connectivity index (χ4v) is 2.49. The lowest BCUT2D eigenvalue weighted by molar-refractivity contribution is -0.164. The molecule has 0 saturated carbocycles. The maximum Gasteiger partial charge on any atom is 0.512 e. The number of carbonyl (C=O) groups excluding carboxylic acids is 1. The summed E-state index contributed by atoms with van der Waals surface area (Å²) in [6.07, 6.45) is -1.67. The van der Waals surface area contributed by atoms with Gasteiger partial charge in [0, 0.05) is 5.57 Å². The molecular formula is C9H10N2O5. The van der Waals surface area contributed by atoms with E-state index in [1.54, 1.807) is 6.92 Å². The van der Waals surface area contributed by atoms with Crippen LogP contribution in [0.1, 0.15) is 6.92 Å². The molecule has 2 saturated heterocycles. The monoisotopic (exact) mass is 226 g/mol. The molecule has 86 valence electrons. The van der Waals surface area contributed by atoms with E-state index in [2.05, 4.69) is 10.1 Å². The molecule has 3 aliphatic heterocycles. The molecule has 7 heteroatoms. The second-order valence-corrected chi connectivity index (χ2v) is 3.97. The number of nitrogens with one attached hydrogen (secondary N) is 1. The Balaban J connectivity index is 1.95. The number of amides is 1. The summed E-state index contributed by atoms with van der Waals surface area (Å²) in [4.78, 5) is 23.6. The normalized spacial score (nSPS) is 35.9. The Kier molecular flexibility index (Phi) is 1.78. The summed E-state index contributed by atoms with van der Waals surface area (Å²) < 4.78 is 10.1. The van der Waals surface area contributed by atoms with Crippen molar-refractivity contribution in [3.8, 4) is 0 Å². The molecule has 0 aromatic heterocycles. The zero-order chi connectivity index (χ0) is 11.4. The Morgan fingerprint density at radius 2 is 2.44 bits per heavy atom. The summed E-state index contributed by atoms with van der Waals surface area (Å²) in [5.74, 6) is -0.0566. The molecule has 16 heavy (non-hydrogen) atoms. The van der Waals surface area contributed by atoms with E-state index in [1.165, 1.54) is 4.90 Å². The molecule has 0 aliphatic carbocycles. The Hall–Kier alpha value is -1.60. The number of hydrogen-bond acceptors (Lipinski definition) is 5. The molecule has 0 radical (unpaired) electrons. The van der Waals surface area contributed by atoms with Crippen LogP contribution in [0.4, 0.5) is 4.79 Å². The first-order valence-corrected chi connectivity index (χ1v) is 4.91. The first-order valence-electron chi connectivity index (χ1n) is 4.91. The largest absolute Gasteiger partial charge is 0.512 e. The molecule has 0 aromatic rings. The van der Waals surface area contributed by atoms with Gasteiger partial charge in [0.05, 0.1) is 12.8 Å². The molecule has 2 N–H and O–H groups in total. The van der Waals surface area contributed by atoms with Crippen molar-refractivity contribution in [2.45, 2.75) is 25.1 Å². The zero-order valence-corrected chi connectivity index (χ0v) is 8.47. The fourth-order valence-electron chi connectivity index (χ4n) is 2.49. The van der Waals surface area contributed by atoms with Crippen LogP contribution in [0, 0.1) is 0 Å². The molecule has 0 aromatic carbocycles. The van der Waals surface area contributed by atoms with Crippen molar-refractivity contribution in [1.82, 2.24) is 10.2 Å². The van der Waals surface area contributed by atoms with Crippen LogP contribution in [0.15, 0.2) is 11.5 Å². The minimum absolute atomic E-state index is 0.104. The minimum Gasteiger partial charge on any atom is -0.449 e. The van der Waals surface area contributed by atoms with Crippen LogP contribution in [-0.2, 0) is 14.3 Å². The van der Waals surface area contributed by atoms with Crippen LogP contribution in [-0.4, -0.2) is 47.0 Å². The number of β-lactam (4-membered cyclic amide) rings is 1. The van der Waals surface area contributed by atoms with Crippen molar-refractivity contribution in [3.63, 3.8) is 0 Å². The third kappa shape index (κ3) is 0.987. The Morgan fingerprint density at radius 1 is 1.69 bits per heavy atom. The second kappa shape index (κ2) is 2.96. The summed E-state index contributed by atoms with van der Waals surface area (Å²) in [6.45, 7) is 2.01. The highest BCUT2D eigenvalue weighted by Gasteiger charge is 2.61. The first kappa shape index (κ1) is 9.61. The fraction of sp³-hybridized carbons (Fsp3) is 0.556. The molecule has 3 unspecified atom stereocenters. The van der Waals surface area contributed by atoms with E-state index in [-0.39, 0.29) is 30.0 Å². The zero-order valence-electron chi connectivity index (χ0n) is 8.47. The van der Waals surface area contributed by atoms with E-state index >= 15 is 0 Å². The molecule has 3 aliphatic rings. The van der Waals surface area contributed by atoms with E-state index in [9.17, 15) is 9.59 Å². The van der Waals surface area contributed by atoms with Crippen LogP contribution in [0.3, 0.4) is 0 Å². The lowest BCUT2D eigenvalue weighted by Crippen LogP contribution is -2.73. The lowest BCUT2D eigenvalue weighted by Gasteiger charge is -2.47. The molecular weight excluding hydrogens is 216 g/mol. The van der Waals surface area contributed by atoms with Crippen molar-refractivity contribution in [2.24, 2.45) is 0 Å². The van der Waals surface area contributed by atoms with Gasteiger partial charge in [-0.3, -0.25) is 15.0 Å². The highest BCUT2D eigenvalue weighted by Crippen LogP contribution is 2.42. The summed E-state index contributed by atoms with van der Waals surface area (Å²) >= 11 is 0. The molecule has 2 fully saturated rings. The minimum atomic E-state index is -1.42. The molecule has 3 heterocycles. The van der Waals surface area contributed by atoms with E-state index in [0.29, 0.717) is 12.3 Å². The van der Waals surface area contributed by atoms with Crippen LogP contribution in [0.25, 0.3) is 0 Å². The van der Waals surface area contributed by atoms with Gasteiger partial charge >= 0.3 is 6.16 Å². The van der Waals surface area contributed by atoms with Crippen molar-refractivity contribution in [3.05, 3.63) is 11.5 Å². The Bertz CT molecular complexity index is 418. The molecule has 0 spiro atoms. The van der Waals surface area contributed by atoms with Gasteiger partial charge in [-0.05, 0) is 6.92 Å². The molecule has 7 nitrogen and oxygen atoms in total. The van der Waals surface area contributed by atoms with Gasteiger partial charge in [0.15, 0.2) is 0 Å². The smallest absolute Gasteiger partial charge is 0.449 e. The number of nitrogens with zero attached hydrogens (tertiary/aromatic N) is 1. The Morgan fingerprint density at radius 3 is 3.12 bits per heavy atom. The van der Waals surface area contributed by atoms with Crippen LogP contribution in [0.5, 0.6) is 0 Å². The molecule has 3 rings (SSSR count). The van der Waals surface area contributed by atoms with Gasteiger partial charge in [-0.15, -0.1) is 0 Å². The van der Waals surface area contributed by atoms with Crippen molar-refractivity contribution < 1.29 is 24.2 Å². The van der Waals surface area contributed by atoms with Gasteiger partial charge in [0.25, 0.3) is 0 Å². The number of hydrogen-bond donors (Lipinski definition) is 2. The topological polar surface area (TPSA) is 88.1 Å². The second-order valence-electron chi connectivity index (χ2n) is 3.97. The predicted molar refractivity (Wildman–Crippen MR) is 49.1 cm³/mol. The van der Waals surface area contributed by atoms with Gasteiger partial charge in [0.1, 0.15) is 12.1 Å². The first-order chi connectivity index (χ1) is 7.61. The standard InChI is InChI=1S/C9H10N2O5/c1-3-6-5-4(10-2-15-6)7(12)11(5)8(3)16-9(13)14/h4-6,10H,2H2,1H3,(H,13,14). The maximum atomic E-state index is 11.7. The summed E-state index contributed by atoms with van der Waals surface area (Å²) in [6, 6.07) is -0.431. The summed E-state index contributed by atoms with van der Waals surface area (Å²) in [7, 11) is 0. The molecule has 1 amide bonds. The SMILES string of the molecule is CC1=C(OC(=O)O)N2C(=O)C3NCOC1C32. The van der Waals surface area contributed by atoms with E-state index in [4.69, 9.17) is 9.84 Å². The third-order valence-corrected chi connectivity index (χ3v) is 3.19. The van der Waals surface area contributed by atoms with Crippen LogP contribution < -0.4 is 5.32 Å². The van der Waals surface area contributed by atoms with Gasteiger partial charge in [-0.25, -0.2) is 4.79 Å². The van der Waals surface area contributed by atoms with E-state index in [0.717, 1.165) is 0 Å². The maximum absolute atomic E-state index is 11.7. The molecule has 0 bridgehead atoms. The number of ether oxygens (including phenoxy) is 2. The van der Waals surface area contributed by atoms with Crippen molar-refractivity contribution in [2.75, 3.05) is 6.73 Å². The number of rotatable bonds is 1. The van der Waals surface area contributed by atoms with Gasteiger partial charge in [0.2, 0.25) is 11.8 Å². The average Bonchev–Trinajstić information content (AvgIpc) is 2.50. The van der Waals surface area contributed by atoms with Gasteiger partial charge in [-0.1, -0.05) is 0 Å². The highest BCUT2D eigenvalue weighted by molar-refractivity contribution is 5.93. The highest BCUT2D eigenvalue weighted by atomic mass is 16.7. The summed E-state index contributed by atoms with van der Waals surface area (Å²) in [5.41, 5.74) is 0.657. The Labute approximate surface area is 90.6 Å². The number of carbonyl (C=O) groups is 2. The summed E-state index contributed by atoms with van der Waals surface area (Å²) in [5, 5.41) is 11.5. The predicted octanol–water partition coefficient (Wildman–Crippen LogP) is -0.549. The van der Waals surface area contributed by atoms with Crippen molar-refractivity contribution >= 4 is 12.1 Å². The van der Waals surface area contributed by atoms with Crippen molar-refractivity contribution in [1.29, 1.82) is 0 Å². The number of carboxylic acid groups (broad SMARTS) is 1. The van der Waals surface area contributed by atoms with E-state index < -0.39 is 6.16 Å². The van der Waals surface area contributed by atoms with E-state index in [1.807, 2.05) is 0 Å². The molecule has 3 atom stereocenters. The van der Waals surface area contributed by atoms with Crippen LogP contribution >= 0.6 is 0 Å². The van der Waals surface area contributed by atoms with Gasteiger partial charge < -0.3 is 14.6 Å². The third-order valence-electron chi connectivity index (χ3n) is 3.19. The van der Waals surface area contributed by atoms with Gasteiger partial charge in [-0.2, -0.15) is 0 Å². The average molecular weight is 226 g/mol. The van der Waals surface area contributed by atoms with Crippen LogP contribution in [0.2, 0.25) is 0 Å². The lowest BCUT2D eigenvalue weighted by atomic mass is 9.91.